The van der Waals surface area contributed by atoms with E-state index in [9.17, 15) is 13.2 Å². The summed E-state index contributed by atoms with van der Waals surface area (Å²) in [7, 11) is -3.62. The van der Waals surface area contributed by atoms with Gasteiger partial charge >= 0.3 is 0 Å². The molecule has 0 radical (unpaired) electrons. The standard InChI is InChI=1S/C22H26BrN3O3S/c1-15-10-12-26(13-11-15)18-6-4-16(5-7-18)24-22(27)20-14-19(8-9-21(20)23)30(28,29)25-17-2-3-17/h4-9,14-15,17,25H,2-3,10-13H2,1H3,(H,24,27). The zero-order valence-electron chi connectivity index (χ0n) is 16.9. The van der Waals surface area contributed by atoms with Gasteiger partial charge in [-0.05, 0) is 90.0 Å². The molecule has 1 aliphatic heterocycles. The van der Waals surface area contributed by atoms with Crippen LogP contribution in [0.4, 0.5) is 11.4 Å². The number of carbonyl (C=O) groups excluding carboxylic acids is 1. The minimum absolute atomic E-state index is 0.0116. The summed E-state index contributed by atoms with van der Waals surface area (Å²) >= 11 is 3.36. The van der Waals surface area contributed by atoms with E-state index >= 15 is 0 Å². The molecule has 8 heteroatoms. The third-order valence-corrected chi connectivity index (χ3v) is 7.88. The molecule has 2 N–H and O–H groups in total. The van der Waals surface area contributed by atoms with Gasteiger partial charge < -0.3 is 10.2 Å². The Balaban J connectivity index is 1.46. The maximum Gasteiger partial charge on any atom is 0.256 e. The zero-order valence-corrected chi connectivity index (χ0v) is 19.3. The molecule has 1 heterocycles. The summed E-state index contributed by atoms with van der Waals surface area (Å²) in [6.45, 7) is 4.39. The predicted molar refractivity (Wildman–Crippen MR) is 122 cm³/mol. The maximum absolute atomic E-state index is 12.8. The smallest absolute Gasteiger partial charge is 0.256 e. The van der Waals surface area contributed by atoms with Crippen LogP contribution in [-0.4, -0.2) is 33.5 Å². The summed E-state index contributed by atoms with van der Waals surface area (Å²) in [6.07, 6.45) is 4.10. The lowest BCUT2D eigenvalue weighted by Gasteiger charge is -2.32. The van der Waals surface area contributed by atoms with Gasteiger partial charge in [-0.15, -0.1) is 0 Å². The number of nitrogens with one attached hydrogen (secondary N) is 2. The lowest BCUT2D eigenvalue weighted by molar-refractivity contribution is 0.102. The molecule has 2 fully saturated rings. The quantitative estimate of drug-likeness (QED) is 0.628. The number of nitrogens with zero attached hydrogens (tertiary/aromatic N) is 1. The highest BCUT2D eigenvalue weighted by atomic mass is 79.9. The molecule has 0 unspecified atom stereocenters. The fraction of sp³-hybridized carbons (Fsp3) is 0.409. The van der Waals surface area contributed by atoms with Crippen molar-refractivity contribution in [3.8, 4) is 0 Å². The monoisotopic (exact) mass is 491 g/mol. The first-order valence-corrected chi connectivity index (χ1v) is 12.6. The number of hydrogen-bond acceptors (Lipinski definition) is 4. The largest absolute Gasteiger partial charge is 0.372 e. The molecule has 0 aromatic heterocycles. The van der Waals surface area contributed by atoms with Crippen LogP contribution in [0.3, 0.4) is 0 Å². The van der Waals surface area contributed by atoms with Gasteiger partial charge in [-0.1, -0.05) is 6.92 Å². The van der Waals surface area contributed by atoms with Gasteiger partial charge in [0, 0.05) is 35.0 Å². The van der Waals surface area contributed by atoms with Crippen molar-refractivity contribution in [3.05, 3.63) is 52.5 Å². The first kappa shape index (κ1) is 21.3. The predicted octanol–water partition coefficient (Wildman–Crippen LogP) is 4.38. The van der Waals surface area contributed by atoms with Crippen LogP contribution >= 0.6 is 15.9 Å². The van der Waals surface area contributed by atoms with Crippen LogP contribution in [0.1, 0.15) is 43.0 Å². The number of piperidine rings is 1. The van der Waals surface area contributed by atoms with E-state index in [-0.39, 0.29) is 22.4 Å². The molecule has 2 aliphatic rings. The van der Waals surface area contributed by atoms with Crippen LogP contribution < -0.4 is 14.9 Å². The molecule has 1 saturated heterocycles. The second kappa shape index (κ2) is 8.69. The van der Waals surface area contributed by atoms with Crippen molar-refractivity contribution in [1.82, 2.24) is 4.72 Å². The number of anilines is 2. The lowest BCUT2D eigenvalue weighted by Crippen LogP contribution is -2.32. The minimum Gasteiger partial charge on any atom is -0.372 e. The van der Waals surface area contributed by atoms with Gasteiger partial charge in [-0.3, -0.25) is 4.79 Å². The Labute approximate surface area is 186 Å². The molecule has 0 spiro atoms. The lowest BCUT2D eigenvalue weighted by atomic mass is 9.99. The molecule has 30 heavy (non-hydrogen) atoms. The number of halogens is 1. The Bertz CT molecular complexity index is 1030. The first-order valence-electron chi connectivity index (χ1n) is 10.3. The maximum atomic E-state index is 12.8. The number of rotatable bonds is 6. The number of sulfonamides is 1. The minimum atomic E-state index is -3.62. The third kappa shape index (κ3) is 5.04. The number of benzene rings is 2. The molecule has 4 rings (SSSR count). The van der Waals surface area contributed by atoms with Crippen molar-refractivity contribution in [1.29, 1.82) is 0 Å². The second-order valence-electron chi connectivity index (χ2n) is 8.21. The molecular weight excluding hydrogens is 466 g/mol. The van der Waals surface area contributed by atoms with E-state index in [0.717, 1.165) is 37.5 Å². The first-order chi connectivity index (χ1) is 14.3. The number of hydrogen-bond donors (Lipinski definition) is 2. The molecule has 6 nitrogen and oxygen atoms in total. The van der Waals surface area contributed by atoms with Gasteiger partial charge in [0.05, 0.1) is 10.5 Å². The van der Waals surface area contributed by atoms with Gasteiger partial charge in [0.2, 0.25) is 10.0 Å². The summed E-state index contributed by atoms with van der Waals surface area (Å²) in [5.41, 5.74) is 2.11. The van der Waals surface area contributed by atoms with Gasteiger partial charge in [0.15, 0.2) is 0 Å². The topological polar surface area (TPSA) is 78.5 Å². The van der Waals surface area contributed by atoms with Crippen molar-refractivity contribution in [2.24, 2.45) is 5.92 Å². The molecule has 1 aliphatic carbocycles. The fourth-order valence-electron chi connectivity index (χ4n) is 3.55. The summed E-state index contributed by atoms with van der Waals surface area (Å²) in [4.78, 5) is 15.3. The van der Waals surface area contributed by atoms with E-state index < -0.39 is 10.0 Å². The molecule has 1 amide bonds. The Morgan fingerprint density at radius 1 is 1.03 bits per heavy atom. The van der Waals surface area contributed by atoms with E-state index in [1.165, 1.54) is 25.0 Å². The SMILES string of the molecule is CC1CCN(c2ccc(NC(=O)c3cc(S(=O)(=O)NC4CC4)ccc3Br)cc2)CC1. The Morgan fingerprint density at radius 2 is 1.70 bits per heavy atom. The van der Waals surface area contributed by atoms with Crippen LogP contribution in [0, 0.1) is 5.92 Å². The van der Waals surface area contributed by atoms with Crippen LogP contribution in [0.2, 0.25) is 0 Å². The highest BCUT2D eigenvalue weighted by Crippen LogP contribution is 2.27. The van der Waals surface area contributed by atoms with E-state index in [4.69, 9.17) is 0 Å². The molecule has 2 aromatic rings. The molecular formula is C22H26BrN3O3S. The fourth-order valence-corrected chi connectivity index (χ4v) is 5.31. The van der Waals surface area contributed by atoms with Crippen molar-refractivity contribution >= 4 is 43.2 Å². The summed E-state index contributed by atoms with van der Waals surface area (Å²) in [5, 5.41) is 2.87. The second-order valence-corrected chi connectivity index (χ2v) is 10.8. The van der Waals surface area contributed by atoms with Gasteiger partial charge in [0.1, 0.15) is 0 Å². The Morgan fingerprint density at radius 3 is 2.33 bits per heavy atom. The average Bonchev–Trinajstić information content (AvgIpc) is 3.52. The number of carbonyl (C=O) groups is 1. The molecule has 160 valence electrons. The zero-order chi connectivity index (χ0) is 21.3. The molecule has 0 bridgehead atoms. The van der Waals surface area contributed by atoms with Crippen molar-refractivity contribution in [2.45, 2.75) is 43.5 Å². The summed E-state index contributed by atoms with van der Waals surface area (Å²) in [5.74, 6) is 0.419. The van der Waals surface area contributed by atoms with Crippen LogP contribution in [0.5, 0.6) is 0 Å². The van der Waals surface area contributed by atoms with Crippen molar-refractivity contribution in [2.75, 3.05) is 23.3 Å². The van der Waals surface area contributed by atoms with Gasteiger partial charge in [-0.25, -0.2) is 13.1 Å². The number of amides is 1. The van der Waals surface area contributed by atoms with E-state index in [0.29, 0.717) is 10.2 Å². The van der Waals surface area contributed by atoms with Crippen molar-refractivity contribution in [3.63, 3.8) is 0 Å². The molecule has 0 atom stereocenters. The summed E-state index contributed by atoms with van der Waals surface area (Å²) in [6, 6.07) is 12.3. The normalized spacial score (nSPS) is 17.7. The van der Waals surface area contributed by atoms with Crippen LogP contribution in [-0.2, 0) is 10.0 Å². The summed E-state index contributed by atoms with van der Waals surface area (Å²) < 4.78 is 28.1. The van der Waals surface area contributed by atoms with Crippen molar-refractivity contribution < 1.29 is 13.2 Å². The van der Waals surface area contributed by atoms with Crippen LogP contribution in [0.15, 0.2) is 51.8 Å². The van der Waals surface area contributed by atoms with E-state index in [1.54, 1.807) is 6.07 Å². The highest BCUT2D eigenvalue weighted by Gasteiger charge is 2.28. The van der Waals surface area contributed by atoms with E-state index in [2.05, 4.69) is 37.8 Å². The Kier molecular flexibility index (Phi) is 6.18. The molecule has 2 aromatic carbocycles. The van der Waals surface area contributed by atoms with Gasteiger partial charge in [-0.2, -0.15) is 0 Å². The van der Waals surface area contributed by atoms with Gasteiger partial charge in [0.25, 0.3) is 5.91 Å². The van der Waals surface area contributed by atoms with Crippen LogP contribution in [0.25, 0.3) is 0 Å². The molecule has 1 saturated carbocycles. The third-order valence-electron chi connectivity index (χ3n) is 5.67. The average molecular weight is 492 g/mol. The van der Waals surface area contributed by atoms with E-state index in [1.807, 2.05) is 24.3 Å². The highest BCUT2D eigenvalue weighted by molar-refractivity contribution is 9.10. The Hall–Kier alpha value is -1.90.